The monoisotopic (exact) mass is 634 g/mol. The lowest BCUT2D eigenvalue weighted by atomic mass is 10.0. The molecule has 0 aliphatic carbocycles. The average molecular weight is 635 g/mol. The lowest BCUT2D eigenvalue weighted by Gasteiger charge is -2.49. The van der Waals surface area contributed by atoms with Gasteiger partial charge in [-0.05, 0) is 23.1 Å². The van der Waals surface area contributed by atoms with E-state index in [1.54, 1.807) is 36.6 Å². The van der Waals surface area contributed by atoms with E-state index >= 15 is 0 Å². The van der Waals surface area contributed by atoms with E-state index < -0.39 is 59.8 Å². The number of aliphatic carboxylic acids is 1. The third-order valence-electron chi connectivity index (χ3n) is 6.30. The normalized spacial score (nSPS) is 20.5. The molecule has 5 rings (SSSR count). The standard InChI is InChI=1S/C23H22N8O8S3/c1-10-4-5-14(27-31(10)39)41-8-11-9-42-20-16(19(34)30(20)17(11)21(35)36)25-18(33)15(12-3-2-6-40-12)26-22(37)28-29-7-13(32)24-23(29)38/h2-6,15-16,20H,7-9H2,1H3,(H,25,33)(H,35,36)(H,24,32,38)(H2,26,28,37)/t15?,16-,20?/m0/s1. The fourth-order valence-electron chi connectivity index (χ4n) is 4.27. The van der Waals surface area contributed by atoms with Crippen LogP contribution in [0.2, 0.25) is 0 Å². The first-order valence-corrected chi connectivity index (χ1v) is 15.1. The van der Waals surface area contributed by atoms with Crippen molar-refractivity contribution in [2.75, 3.05) is 18.1 Å². The summed E-state index contributed by atoms with van der Waals surface area (Å²) in [6.45, 7) is 1.21. The van der Waals surface area contributed by atoms with E-state index in [2.05, 4.69) is 21.2 Å². The van der Waals surface area contributed by atoms with Gasteiger partial charge in [0.1, 0.15) is 29.7 Å². The molecule has 2 unspecified atom stereocenters. The number of thioether (sulfide) groups is 2. The van der Waals surface area contributed by atoms with Gasteiger partial charge in [0.2, 0.25) is 17.5 Å². The van der Waals surface area contributed by atoms with Crippen molar-refractivity contribution in [2.45, 2.75) is 29.4 Å². The second kappa shape index (κ2) is 11.9. The van der Waals surface area contributed by atoms with Gasteiger partial charge in [-0.1, -0.05) is 22.7 Å². The number of aromatic nitrogens is 2. The number of aryl methyl sites for hydroxylation is 1. The van der Waals surface area contributed by atoms with Crippen LogP contribution in [0.25, 0.3) is 0 Å². The first-order chi connectivity index (χ1) is 20.0. The number of fused-ring (bicyclic) bond motifs is 1. The summed E-state index contributed by atoms with van der Waals surface area (Å²) in [6, 6.07) is 2.42. The number of carboxylic acids is 1. The van der Waals surface area contributed by atoms with E-state index in [9.17, 15) is 39.1 Å². The molecule has 3 atom stereocenters. The Balaban J connectivity index is 1.26. The quantitative estimate of drug-likeness (QED) is 0.0773. The molecule has 16 nitrogen and oxygen atoms in total. The molecule has 2 aromatic heterocycles. The Morgan fingerprint density at radius 3 is 2.71 bits per heavy atom. The van der Waals surface area contributed by atoms with Gasteiger partial charge in [0.15, 0.2) is 5.03 Å². The van der Waals surface area contributed by atoms with Crippen molar-refractivity contribution >= 4 is 70.6 Å². The molecule has 3 aliphatic rings. The highest BCUT2D eigenvalue weighted by molar-refractivity contribution is 8.01. The average Bonchev–Trinajstić information content (AvgIpc) is 3.59. The summed E-state index contributed by atoms with van der Waals surface area (Å²) in [5.41, 5.74) is 2.88. The Bertz CT molecular complexity index is 1520. The first kappa shape index (κ1) is 29.1. The second-order valence-corrected chi connectivity index (χ2v) is 12.2. The van der Waals surface area contributed by atoms with Crippen molar-refractivity contribution in [3.8, 4) is 0 Å². The number of thiophene rings is 1. The van der Waals surface area contributed by atoms with Gasteiger partial charge in [0.25, 0.3) is 5.91 Å². The molecule has 19 heteroatoms. The number of hydrogen-bond acceptors (Lipinski definition) is 11. The number of hydrazine groups is 1. The van der Waals surface area contributed by atoms with Gasteiger partial charge in [0.05, 0.1) is 0 Å². The van der Waals surface area contributed by atoms with Gasteiger partial charge in [-0.3, -0.25) is 24.6 Å². The minimum atomic E-state index is -1.30. The maximum Gasteiger partial charge on any atom is 0.352 e. The van der Waals surface area contributed by atoms with Crippen molar-refractivity contribution in [1.29, 1.82) is 0 Å². The van der Waals surface area contributed by atoms with E-state index in [0.29, 0.717) is 26.0 Å². The molecule has 0 saturated carbocycles. The summed E-state index contributed by atoms with van der Waals surface area (Å²) in [4.78, 5) is 76.3. The molecule has 3 aliphatic heterocycles. The van der Waals surface area contributed by atoms with Gasteiger partial charge >= 0.3 is 18.0 Å². The van der Waals surface area contributed by atoms with Crippen molar-refractivity contribution in [1.82, 2.24) is 36.4 Å². The molecule has 0 spiro atoms. The molecule has 2 saturated heterocycles. The van der Waals surface area contributed by atoms with Crippen molar-refractivity contribution in [3.05, 3.63) is 56.7 Å². The van der Waals surface area contributed by atoms with Gasteiger partial charge in [-0.25, -0.2) is 24.8 Å². The largest absolute Gasteiger partial charge is 0.594 e. The van der Waals surface area contributed by atoms with Crippen molar-refractivity contribution in [2.24, 2.45) is 0 Å². The number of β-lactam (4-membered cyclic amide) rings is 1. The number of urea groups is 2. The van der Waals surface area contributed by atoms with Crippen LogP contribution in [-0.4, -0.2) is 85.3 Å². The topological polar surface area (TPSA) is 217 Å². The molecule has 0 radical (unpaired) electrons. The zero-order valence-corrected chi connectivity index (χ0v) is 24.0. The highest BCUT2D eigenvalue weighted by atomic mass is 32.2. The van der Waals surface area contributed by atoms with Gasteiger partial charge in [-0.2, -0.15) is 0 Å². The fraction of sp³-hybridized carbons (Fsp3) is 0.304. The summed E-state index contributed by atoms with van der Waals surface area (Å²) < 4.78 is 0. The smallest absolute Gasteiger partial charge is 0.352 e. The van der Waals surface area contributed by atoms with Crippen LogP contribution in [0.15, 0.2) is 45.9 Å². The third kappa shape index (κ3) is 5.83. The molecule has 5 heterocycles. The Labute approximate surface area is 249 Å². The number of amides is 7. The number of carboxylic acid groups (broad SMARTS) is 1. The summed E-state index contributed by atoms with van der Waals surface area (Å²) in [5.74, 6) is -2.84. The highest BCUT2D eigenvalue weighted by Gasteiger charge is 2.54. The molecule has 7 amide bonds. The van der Waals surface area contributed by atoms with Crippen LogP contribution < -0.4 is 26.2 Å². The van der Waals surface area contributed by atoms with Gasteiger partial charge in [0, 0.05) is 34.5 Å². The minimum absolute atomic E-state index is 0.179. The second-order valence-electron chi connectivity index (χ2n) is 9.10. The van der Waals surface area contributed by atoms with Crippen LogP contribution in [0.1, 0.15) is 16.6 Å². The van der Waals surface area contributed by atoms with Gasteiger partial charge < -0.3 is 20.9 Å². The lowest BCUT2D eigenvalue weighted by molar-refractivity contribution is -0.679. The van der Waals surface area contributed by atoms with E-state index in [1.807, 2.05) is 5.32 Å². The number of carbonyl (C=O) groups excluding carboxylic acids is 5. The van der Waals surface area contributed by atoms with Crippen LogP contribution in [-0.2, 0) is 19.2 Å². The van der Waals surface area contributed by atoms with Gasteiger partial charge in [-0.15, -0.1) is 23.1 Å². The SMILES string of the molecule is Cc1ccc(SCC2=C(C(=O)O)N3C(=O)[C@H](NC(=O)C(NC(=O)NN4CC(=O)NC4=O)c4cccs4)C3SC2)n[n+]1[O-]. The fourth-order valence-corrected chi connectivity index (χ4v) is 7.37. The number of carbonyl (C=O) groups is 6. The molecule has 42 heavy (non-hydrogen) atoms. The molecule has 0 aromatic carbocycles. The molecule has 5 N–H and O–H groups in total. The minimum Gasteiger partial charge on any atom is -0.594 e. The van der Waals surface area contributed by atoms with Crippen LogP contribution in [0.3, 0.4) is 0 Å². The summed E-state index contributed by atoms with van der Waals surface area (Å²) in [6.07, 6.45) is 0. The number of hydrogen-bond donors (Lipinski definition) is 5. The van der Waals surface area contributed by atoms with E-state index in [4.69, 9.17) is 0 Å². The Hall–Kier alpha value is -4.36. The maximum atomic E-state index is 13.3. The number of imide groups is 1. The zero-order chi connectivity index (χ0) is 30.1. The van der Waals surface area contributed by atoms with Crippen LogP contribution >= 0.6 is 34.9 Å². The van der Waals surface area contributed by atoms with Crippen molar-refractivity contribution in [3.63, 3.8) is 0 Å². The summed E-state index contributed by atoms with van der Waals surface area (Å²) in [5, 5.41) is 34.7. The molecular formula is C23H22N8O8S3. The number of nitrogens with one attached hydrogen (secondary N) is 4. The molecule has 0 bridgehead atoms. The third-order valence-corrected chi connectivity index (χ3v) is 9.58. The van der Waals surface area contributed by atoms with Crippen LogP contribution in [0.4, 0.5) is 9.59 Å². The van der Waals surface area contributed by atoms with Crippen LogP contribution in [0, 0.1) is 12.1 Å². The van der Waals surface area contributed by atoms with E-state index in [0.717, 1.165) is 21.7 Å². The van der Waals surface area contributed by atoms with E-state index in [1.165, 1.54) is 23.1 Å². The first-order valence-electron chi connectivity index (χ1n) is 12.2. The zero-order valence-electron chi connectivity index (χ0n) is 21.6. The predicted octanol–water partition coefficient (Wildman–Crippen LogP) is -0.577. The molecule has 2 fully saturated rings. The number of nitrogens with zero attached hydrogens (tertiary/aromatic N) is 4. The predicted molar refractivity (Wildman–Crippen MR) is 147 cm³/mol. The van der Waals surface area contributed by atoms with Crippen molar-refractivity contribution < 1.29 is 38.7 Å². The van der Waals surface area contributed by atoms with Crippen LogP contribution in [0.5, 0.6) is 0 Å². The molecule has 220 valence electrons. The lowest BCUT2D eigenvalue weighted by Crippen LogP contribution is -2.71. The molecule has 2 aromatic rings. The summed E-state index contributed by atoms with van der Waals surface area (Å²) in [7, 11) is 0. The molecular weight excluding hydrogens is 613 g/mol. The Morgan fingerprint density at radius 1 is 1.29 bits per heavy atom. The number of rotatable bonds is 9. The van der Waals surface area contributed by atoms with E-state index in [-0.39, 0.29) is 17.2 Å². The Kier molecular flexibility index (Phi) is 8.23. The maximum absolute atomic E-state index is 13.3. The Morgan fingerprint density at radius 2 is 2.07 bits per heavy atom. The highest BCUT2D eigenvalue weighted by Crippen LogP contribution is 2.41. The summed E-state index contributed by atoms with van der Waals surface area (Å²) >= 11 is 3.60.